The van der Waals surface area contributed by atoms with E-state index in [0.717, 1.165) is 0 Å². The molecular weight excluding hydrogens is 234 g/mol. The number of carbonyl (C=O) groups is 2. The van der Waals surface area contributed by atoms with Gasteiger partial charge in [0.25, 0.3) is 0 Å². The molecule has 0 aliphatic carbocycles. The lowest BCUT2D eigenvalue weighted by Crippen LogP contribution is -2.13. The molecule has 0 aromatic heterocycles. The third-order valence-corrected chi connectivity index (χ3v) is 2.12. The van der Waals surface area contributed by atoms with Gasteiger partial charge in [-0.1, -0.05) is 6.58 Å². The molecule has 0 fully saturated rings. The summed E-state index contributed by atoms with van der Waals surface area (Å²) in [6, 6.07) is 6.28. The Bertz CT molecular complexity index is 451. The quantitative estimate of drug-likeness (QED) is 0.608. The van der Waals surface area contributed by atoms with Crippen LogP contribution in [0, 0.1) is 0 Å². The highest BCUT2D eigenvalue weighted by Gasteiger charge is 2.08. The molecule has 0 saturated heterocycles. The second-order valence-corrected chi connectivity index (χ2v) is 3.50. The lowest BCUT2D eigenvalue weighted by atomic mass is 10.2. The summed E-state index contributed by atoms with van der Waals surface area (Å²) in [4.78, 5) is 22.1. The molecule has 0 heterocycles. The van der Waals surface area contributed by atoms with Gasteiger partial charge in [0.15, 0.2) is 0 Å². The molecule has 2 N–H and O–H groups in total. The van der Waals surface area contributed by atoms with Gasteiger partial charge in [-0.3, -0.25) is 4.79 Å². The second-order valence-electron chi connectivity index (χ2n) is 3.50. The molecule has 18 heavy (non-hydrogen) atoms. The highest BCUT2D eigenvalue weighted by molar-refractivity contribution is 5.92. The van der Waals surface area contributed by atoms with E-state index in [9.17, 15) is 9.59 Å². The molecule has 5 nitrogen and oxygen atoms in total. The number of amides is 1. The molecule has 0 unspecified atom stereocenters. The smallest absolute Gasteiger partial charge is 0.336 e. The van der Waals surface area contributed by atoms with Crippen molar-refractivity contribution >= 4 is 11.9 Å². The van der Waals surface area contributed by atoms with Crippen molar-refractivity contribution in [2.24, 2.45) is 5.73 Å². The average Bonchev–Trinajstić information content (AvgIpc) is 2.36. The van der Waals surface area contributed by atoms with Gasteiger partial charge in [-0.25, -0.2) is 4.79 Å². The number of carbonyl (C=O) groups excluding carboxylic acids is 2. The van der Waals surface area contributed by atoms with Crippen LogP contribution in [-0.4, -0.2) is 25.1 Å². The Morgan fingerprint density at radius 2 is 1.89 bits per heavy atom. The molecule has 1 aromatic rings. The minimum atomic E-state index is -0.502. The Kier molecular flexibility index (Phi) is 4.92. The maximum atomic E-state index is 11.2. The van der Waals surface area contributed by atoms with E-state index in [-0.39, 0.29) is 12.2 Å². The van der Waals surface area contributed by atoms with Crippen LogP contribution in [0.15, 0.2) is 36.4 Å². The van der Waals surface area contributed by atoms with Crippen LogP contribution >= 0.6 is 0 Å². The maximum absolute atomic E-state index is 11.2. The zero-order valence-corrected chi connectivity index (χ0v) is 10.1. The van der Waals surface area contributed by atoms with E-state index in [0.29, 0.717) is 17.9 Å². The van der Waals surface area contributed by atoms with Crippen LogP contribution in [0.4, 0.5) is 0 Å². The minimum absolute atomic E-state index is 0.0365. The molecule has 1 amide bonds. The molecule has 5 heteroatoms. The fourth-order valence-electron chi connectivity index (χ4n) is 1.18. The maximum Gasteiger partial charge on any atom is 0.336 e. The van der Waals surface area contributed by atoms with Crippen LogP contribution < -0.4 is 10.5 Å². The topological polar surface area (TPSA) is 78.6 Å². The Labute approximate surface area is 105 Å². The van der Waals surface area contributed by atoms with E-state index >= 15 is 0 Å². The van der Waals surface area contributed by atoms with Gasteiger partial charge in [-0.15, -0.1) is 0 Å². The van der Waals surface area contributed by atoms with E-state index < -0.39 is 11.9 Å². The van der Waals surface area contributed by atoms with Crippen molar-refractivity contribution < 1.29 is 19.1 Å². The predicted octanol–water partition coefficient (Wildman–Crippen LogP) is 1.28. The third kappa shape index (κ3) is 3.93. The number of hydrogen-bond acceptors (Lipinski definition) is 4. The van der Waals surface area contributed by atoms with Gasteiger partial charge in [-0.2, -0.15) is 0 Å². The highest BCUT2D eigenvalue weighted by atomic mass is 16.5. The zero-order valence-electron chi connectivity index (χ0n) is 10.1. The molecule has 1 rings (SSSR count). The second kappa shape index (κ2) is 6.44. The summed E-state index contributed by atoms with van der Waals surface area (Å²) >= 11 is 0. The molecule has 0 radical (unpaired) electrons. The van der Waals surface area contributed by atoms with Gasteiger partial charge in [0.2, 0.25) is 5.91 Å². The van der Waals surface area contributed by atoms with Crippen LogP contribution in [0.2, 0.25) is 0 Å². The van der Waals surface area contributed by atoms with Crippen LogP contribution in [0.1, 0.15) is 17.3 Å². The summed E-state index contributed by atoms with van der Waals surface area (Å²) in [5, 5.41) is 0. The molecule has 0 aliphatic rings. The molecule has 96 valence electrons. The number of ether oxygens (including phenoxy) is 2. The van der Waals surface area contributed by atoms with E-state index in [1.54, 1.807) is 31.2 Å². The first-order valence-corrected chi connectivity index (χ1v) is 5.42. The first kappa shape index (κ1) is 13.8. The predicted molar refractivity (Wildman–Crippen MR) is 66.2 cm³/mol. The Hall–Kier alpha value is -2.30. The van der Waals surface area contributed by atoms with Gasteiger partial charge in [0.1, 0.15) is 12.4 Å². The zero-order chi connectivity index (χ0) is 13.5. The first-order valence-electron chi connectivity index (χ1n) is 5.42. The average molecular weight is 249 g/mol. The molecule has 0 saturated carbocycles. The molecule has 0 spiro atoms. The summed E-state index contributed by atoms with van der Waals surface area (Å²) in [6.45, 7) is 5.61. The minimum Gasteiger partial charge on any atom is -0.489 e. The SMILES string of the molecule is C=C(COc1ccc(C(N)=O)cc1)C(=O)OCC. The standard InChI is InChI=1S/C13H15NO4/c1-3-17-13(16)9(2)8-18-11-6-4-10(5-7-11)12(14)15/h4-7H,2-3,8H2,1H3,(H2,14,15). The van der Waals surface area contributed by atoms with E-state index in [1.165, 1.54) is 0 Å². The summed E-state index contributed by atoms with van der Waals surface area (Å²) in [5.41, 5.74) is 5.73. The van der Waals surface area contributed by atoms with Gasteiger partial charge < -0.3 is 15.2 Å². The summed E-state index contributed by atoms with van der Waals surface area (Å²) in [7, 11) is 0. The molecule has 1 aromatic carbocycles. The number of esters is 1. The molecule has 0 aliphatic heterocycles. The summed E-state index contributed by atoms with van der Waals surface area (Å²) < 4.78 is 10.1. The first-order chi connectivity index (χ1) is 8.54. The van der Waals surface area contributed by atoms with Gasteiger partial charge in [0.05, 0.1) is 12.2 Å². The van der Waals surface area contributed by atoms with Crippen molar-refractivity contribution in [3.63, 3.8) is 0 Å². The van der Waals surface area contributed by atoms with Crippen molar-refractivity contribution in [3.05, 3.63) is 42.0 Å². The van der Waals surface area contributed by atoms with Crippen LogP contribution in [0.5, 0.6) is 5.75 Å². The van der Waals surface area contributed by atoms with Gasteiger partial charge in [-0.05, 0) is 31.2 Å². The Balaban J connectivity index is 2.51. The molecular formula is C13H15NO4. The van der Waals surface area contributed by atoms with Crippen molar-refractivity contribution in [2.45, 2.75) is 6.92 Å². The fourth-order valence-corrected chi connectivity index (χ4v) is 1.18. The monoisotopic (exact) mass is 249 g/mol. The number of benzene rings is 1. The van der Waals surface area contributed by atoms with Crippen LogP contribution in [0.25, 0.3) is 0 Å². The number of hydrogen-bond donors (Lipinski definition) is 1. The third-order valence-electron chi connectivity index (χ3n) is 2.12. The molecule has 0 atom stereocenters. The number of primary amides is 1. The molecule has 0 bridgehead atoms. The van der Waals surface area contributed by atoms with Crippen LogP contribution in [0.3, 0.4) is 0 Å². The Morgan fingerprint density at radius 3 is 2.39 bits per heavy atom. The Morgan fingerprint density at radius 1 is 1.28 bits per heavy atom. The van der Waals surface area contributed by atoms with E-state index in [4.69, 9.17) is 15.2 Å². The van der Waals surface area contributed by atoms with Crippen molar-refractivity contribution in [3.8, 4) is 5.75 Å². The summed E-state index contributed by atoms with van der Waals surface area (Å²) in [5.74, 6) is -0.464. The van der Waals surface area contributed by atoms with Gasteiger partial charge >= 0.3 is 5.97 Å². The van der Waals surface area contributed by atoms with Gasteiger partial charge in [0, 0.05) is 5.56 Å². The van der Waals surface area contributed by atoms with Crippen LogP contribution in [-0.2, 0) is 9.53 Å². The van der Waals surface area contributed by atoms with E-state index in [2.05, 4.69) is 6.58 Å². The van der Waals surface area contributed by atoms with Crippen molar-refractivity contribution in [2.75, 3.05) is 13.2 Å². The van der Waals surface area contributed by atoms with Crippen molar-refractivity contribution in [1.82, 2.24) is 0 Å². The lowest BCUT2D eigenvalue weighted by molar-refractivity contribution is -0.138. The largest absolute Gasteiger partial charge is 0.489 e. The summed E-state index contributed by atoms with van der Waals surface area (Å²) in [6.07, 6.45) is 0. The fraction of sp³-hybridized carbons (Fsp3) is 0.231. The number of rotatable bonds is 6. The lowest BCUT2D eigenvalue weighted by Gasteiger charge is -2.08. The normalized spacial score (nSPS) is 9.61. The highest BCUT2D eigenvalue weighted by Crippen LogP contribution is 2.12. The van der Waals surface area contributed by atoms with E-state index in [1.807, 2.05) is 0 Å². The van der Waals surface area contributed by atoms with Crippen molar-refractivity contribution in [1.29, 1.82) is 0 Å². The number of nitrogens with two attached hydrogens (primary N) is 1.